The van der Waals surface area contributed by atoms with Crippen molar-refractivity contribution >= 4 is 70.7 Å². The number of hydrogen-bond acceptors (Lipinski definition) is 2. The van der Waals surface area contributed by atoms with Gasteiger partial charge in [0.15, 0.2) is 0 Å². The predicted molar refractivity (Wildman–Crippen MR) is 208 cm³/mol. The standard InChI is InChI=1S/2C23H15O.2ClH.Hf/c2*1-2-9-19-16-23(15-18(19)8-1,22-13-6-14-24-22)21-12-5-10-17-7-3-4-11-20(17)21;;;/h2*1-15H;2*1H;/q2*-1;;;. The summed E-state index contributed by atoms with van der Waals surface area (Å²) < 4.78 is 11.7. The summed E-state index contributed by atoms with van der Waals surface area (Å²) in [5.41, 5.74) is 1.42. The van der Waals surface area contributed by atoms with E-state index in [1.807, 2.05) is 24.3 Å². The Morgan fingerprint density at radius 1 is 0.392 bits per heavy atom. The Morgan fingerprint density at radius 2 is 0.784 bits per heavy atom. The van der Waals surface area contributed by atoms with Crippen LogP contribution in [0.2, 0.25) is 0 Å². The molecule has 2 nitrogen and oxygen atoms in total. The van der Waals surface area contributed by atoms with E-state index in [1.165, 1.54) is 43.1 Å². The summed E-state index contributed by atoms with van der Waals surface area (Å²) in [6.07, 6.45) is 15.4. The van der Waals surface area contributed by atoms with Gasteiger partial charge in [-0.05, 0) is 56.9 Å². The van der Waals surface area contributed by atoms with E-state index in [0.29, 0.717) is 0 Å². The summed E-state index contributed by atoms with van der Waals surface area (Å²) in [7, 11) is 0. The third-order valence-electron chi connectivity index (χ3n) is 9.58. The largest absolute Gasteiger partial charge is 0.469 e. The van der Waals surface area contributed by atoms with Crippen LogP contribution >= 0.6 is 24.8 Å². The molecular weight excluding hydrogens is 834 g/mol. The molecule has 0 aliphatic heterocycles. The smallest absolute Gasteiger partial charge is 0.108 e. The van der Waals surface area contributed by atoms with E-state index >= 15 is 0 Å². The van der Waals surface area contributed by atoms with Crippen molar-refractivity contribution in [3.8, 4) is 0 Å². The Labute approximate surface area is 327 Å². The van der Waals surface area contributed by atoms with Gasteiger partial charge in [-0.25, -0.2) is 0 Å². The molecule has 2 aromatic heterocycles. The van der Waals surface area contributed by atoms with Gasteiger partial charge in [0.25, 0.3) is 0 Å². The quantitative estimate of drug-likeness (QED) is 0.131. The molecule has 0 bridgehead atoms. The van der Waals surface area contributed by atoms with Gasteiger partial charge in [0.05, 0.1) is 12.5 Å². The van der Waals surface area contributed by atoms with Crippen LogP contribution in [0, 0.1) is 0 Å². The Morgan fingerprint density at radius 3 is 1.20 bits per heavy atom. The van der Waals surface area contributed by atoms with Gasteiger partial charge in [0, 0.05) is 36.7 Å². The summed E-state index contributed by atoms with van der Waals surface area (Å²) in [5.74, 6) is 1.80. The number of hydrogen-bond donors (Lipinski definition) is 0. The van der Waals surface area contributed by atoms with E-state index < -0.39 is 10.8 Å². The van der Waals surface area contributed by atoms with Crippen LogP contribution in [0.15, 0.2) is 179 Å². The first-order valence-corrected chi connectivity index (χ1v) is 16.2. The maximum atomic E-state index is 5.86. The fraction of sp³-hybridized carbons (Fsp3) is 0.0435. The minimum Gasteiger partial charge on any atom is -0.469 e. The zero-order valence-corrected chi connectivity index (χ0v) is 32.7. The van der Waals surface area contributed by atoms with E-state index in [-0.39, 0.29) is 50.7 Å². The van der Waals surface area contributed by atoms with Gasteiger partial charge < -0.3 is 8.83 Å². The van der Waals surface area contributed by atoms with Crippen LogP contribution in [0.25, 0.3) is 45.8 Å². The molecule has 0 saturated heterocycles. The van der Waals surface area contributed by atoms with Crippen molar-refractivity contribution in [2.24, 2.45) is 0 Å². The molecule has 0 spiro atoms. The topological polar surface area (TPSA) is 26.3 Å². The van der Waals surface area contributed by atoms with Crippen molar-refractivity contribution in [2.75, 3.05) is 0 Å². The van der Waals surface area contributed by atoms with Gasteiger partial charge in [0.2, 0.25) is 0 Å². The van der Waals surface area contributed by atoms with E-state index in [4.69, 9.17) is 8.83 Å². The van der Waals surface area contributed by atoms with Gasteiger partial charge in [-0.2, -0.15) is 34.7 Å². The second-order valence-electron chi connectivity index (χ2n) is 12.3. The summed E-state index contributed by atoms with van der Waals surface area (Å²) in [4.78, 5) is 0. The van der Waals surface area contributed by atoms with Gasteiger partial charge in [-0.3, -0.25) is 0 Å². The monoisotopic (exact) mass is 866 g/mol. The molecule has 5 heteroatoms. The van der Waals surface area contributed by atoms with Gasteiger partial charge in [0.1, 0.15) is 11.5 Å². The predicted octanol–water partition coefficient (Wildman–Crippen LogP) is 8.58. The average Bonchev–Trinajstić information content (AvgIpc) is 3.97. The third kappa shape index (κ3) is 6.18. The van der Waals surface area contributed by atoms with Crippen molar-refractivity contribution in [1.29, 1.82) is 0 Å². The minimum atomic E-state index is -0.492. The molecule has 2 atom stereocenters. The van der Waals surface area contributed by atoms with Gasteiger partial charge >= 0.3 is 0 Å². The second kappa shape index (κ2) is 14.9. The van der Waals surface area contributed by atoms with Crippen molar-refractivity contribution in [1.82, 2.24) is 0 Å². The third-order valence-corrected chi connectivity index (χ3v) is 9.58. The molecule has 2 aliphatic carbocycles. The van der Waals surface area contributed by atoms with Crippen LogP contribution in [0.5, 0.6) is 0 Å². The molecule has 0 saturated carbocycles. The molecule has 248 valence electrons. The van der Waals surface area contributed by atoms with Crippen LogP contribution in [0.3, 0.4) is 0 Å². The zero-order valence-electron chi connectivity index (χ0n) is 27.5. The maximum Gasteiger partial charge on any atom is 0.108 e. The van der Waals surface area contributed by atoms with Crippen LogP contribution in [-0.4, -0.2) is 0 Å². The normalized spacial score (nSPS) is 17.7. The van der Waals surface area contributed by atoms with Gasteiger partial charge in [-0.1, -0.05) is 97.1 Å². The Bertz CT molecular complexity index is 2430. The zero-order chi connectivity index (χ0) is 32.0. The van der Waals surface area contributed by atoms with E-state index in [1.54, 1.807) is 12.5 Å². The van der Waals surface area contributed by atoms with E-state index in [0.717, 1.165) is 22.0 Å². The van der Waals surface area contributed by atoms with Crippen molar-refractivity contribution in [2.45, 2.75) is 10.8 Å². The molecule has 51 heavy (non-hydrogen) atoms. The summed E-state index contributed by atoms with van der Waals surface area (Å²) in [6, 6.07) is 54.6. The Hall–Kier alpha value is -4.67. The molecular formula is C46H32Cl2HfO2-2. The first kappa shape index (κ1) is 36.1. The summed E-state index contributed by atoms with van der Waals surface area (Å²) in [6.45, 7) is 0. The first-order valence-electron chi connectivity index (χ1n) is 16.2. The van der Waals surface area contributed by atoms with Crippen LogP contribution in [0.4, 0.5) is 0 Å². The Balaban J connectivity index is 0.000000166. The fourth-order valence-corrected chi connectivity index (χ4v) is 7.40. The number of halogens is 2. The van der Waals surface area contributed by atoms with E-state index in [2.05, 4.69) is 158 Å². The number of furan rings is 2. The van der Waals surface area contributed by atoms with E-state index in [9.17, 15) is 0 Å². The number of fused-ring (bicyclic) bond motifs is 4. The first-order chi connectivity index (χ1) is 23.7. The number of benzene rings is 6. The molecule has 2 unspecified atom stereocenters. The van der Waals surface area contributed by atoms with Crippen LogP contribution < -0.4 is 20.9 Å². The second-order valence-corrected chi connectivity index (χ2v) is 12.3. The van der Waals surface area contributed by atoms with Gasteiger partial charge in [-0.15, -0.1) is 71.7 Å². The molecule has 0 N–H and O–H groups in total. The SMILES string of the molecule is Cl.Cl.[C-]1=c2ccccc2=CC1(c1ccco1)c1cccc2ccccc12.[C-]1=c2ccccc2=CC1(c1ccco1)c1cccc2ccccc12.[Hf]. The maximum absolute atomic E-state index is 5.86. The summed E-state index contributed by atoms with van der Waals surface area (Å²) >= 11 is 0. The van der Waals surface area contributed by atoms with Crippen LogP contribution in [-0.2, 0) is 36.7 Å². The molecule has 2 aliphatic rings. The molecule has 0 radical (unpaired) electrons. The molecule has 2 heterocycles. The molecule has 0 fully saturated rings. The van der Waals surface area contributed by atoms with Crippen molar-refractivity contribution < 1.29 is 34.7 Å². The molecule has 10 rings (SSSR count). The molecule has 8 aromatic rings. The average molecular weight is 866 g/mol. The molecule has 6 aromatic carbocycles. The minimum absolute atomic E-state index is 0. The fourth-order valence-electron chi connectivity index (χ4n) is 7.40. The van der Waals surface area contributed by atoms with Crippen molar-refractivity contribution in [3.63, 3.8) is 0 Å². The summed E-state index contributed by atoms with van der Waals surface area (Å²) in [5, 5.41) is 9.56. The van der Waals surface area contributed by atoms with Crippen LogP contribution in [0.1, 0.15) is 22.6 Å². The Kier molecular flexibility index (Phi) is 10.6. The number of rotatable bonds is 4. The van der Waals surface area contributed by atoms with Crippen molar-refractivity contribution in [3.05, 3.63) is 214 Å². The molecule has 0 amide bonds.